The Morgan fingerprint density at radius 2 is 2.41 bits per heavy atom. The minimum absolute atomic E-state index is 0.000674. The Balaban J connectivity index is 2.03. The predicted octanol–water partition coefficient (Wildman–Crippen LogP) is 2.14. The summed E-state index contributed by atoms with van der Waals surface area (Å²) in [5, 5.41) is 2.93. The van der Waals surface area contributed by atoms with Crippen molar-refractivity contribution in [1.29, 1.82) is 0 Å². The third-order valence-corrected chi connectivity index (χ3v) is 3.24. The molecule has 0 aromatic carbocycles. The first-order valence-electron chi connectivity index (χ1n) is 6.01. The first-order chi connectivity index (χ1) is 8.18. The molecule has 1 aromatic rings. The summed E-state index contributed by atoms with van der Waals surface area (Å²) in [4.78, 5) is 16.1. The number of ether oxygens (including phenoxy) is 1. The third kappa shape index (κ3) is 2.82. The fourth-order valence-electron chi connectivity index (χ4n) is 2.09. The van der Waals surface area contributed by atoms with E-state index in [1.165, 1.54) is 0 Å². The van der Waals surface area contributed by atoms with E-state index in [1.807, 2.05) is 19.9 Å². The molecule has 0 spiro atoms. The molecule has 0 unspecified atom stereocenters. The smallest absolute Gasteiger partial charge is 0.230 e. The number of rotatable bonds is 2. The van der Waals surface area contributed by atoms with Crippen LogP contribution < -0.4 is 5.32 Å². The van der Waals surface area contributed by atoms with E-state index in [0.29, 0.717) is 0 Å². The van der Waals surface area contributed by atoms with Gasteiger partial charge in [0.1, 0.15) is 0 Å². The van der Waals surface area contributed by atoms with Crippen LogP contribution in [0.2, 0.25) is 0 Å². The zero-order chi connectivity index (χ0) is 12.3. The number of anilines is 1. The standard InChI is InChI=1S/C13H18N2O2/c1-9-5-6-14-8-12(9)15-13(16)11-4-3-7-17-10(11)2/h5-6,8,10-11H,3-4,7H2,1-2H3,(H,15,16)/t10-,11+/m1/s1. The molecule has 0 aliphatic carbocycles. The summed E-state index contributed by atoms with van der Waals surface area (Å²) >= 11 is 0. The average Bonchev–Trinajstić information content (AvgIpc) is 2.32. The normalized spacial score (nSPS) is 24.4. The van der Waals surface area contributed by atoms with E-state index in [9.17, 15) is 4.79 Å². The number of nitrogens with zero attached hydrogens (tertiary/aromatic N) is 1. The topological polar surface area (TPSA) is 51.2 Å². The average molecular weight is 234 g/mol. The summed E-state index contributed by atoms with van der Waals surface area (Å²) < 4.78 is 5.50. The van der Waals surface area contributed by atoms with E-state index in [1.54, 1.807) is 12.4 Å². The van der Waals surface area contributed by atoms with Gasteiger partial charge in [-0.2, -0.15) is 0 Å². The maximum Gasteiger partial charge on any atom is 0.230 e. The highest BCUT2D eigenvalue weighted by atomic mass is 16.5. The van der Waals surface area contributed by atoms with Crippen LogP contribution in [0, 0.1) is 12.8 Å². The number of amides is 1. The van der Waals surface area contributed by atoms with Crippen LogP contribution in [0.1, 0.15) is 25.3 Å². The van der Waals surface area contributed by atoms with Crippen LogP contribution in [-0.4, -0.2) is 23.6 Å². The lowest BCUT2D eigenvalue weighted by atomic mass is 9.94. The fourth-order valence-corrected chi connectivity index (χ4v) is 2.09. The zero-order valence-electron chi connectivity index (χ0n) is 10.3. The maximum atomic E-state index is 12.1. The molecule has 1 aliphatic heterocycles. The van der Waals surface area contributed by atoms with Gasteiger partial charge in [-0.15, -0.1) is 0 Å². The number of aryl methyl sites for hydroxylation is 1. The first-order valence-corrected chi connectivity index (χ1v) is 6.01. The van der Waals surface area contributed by atoms with Crippen molar-refractivity contribution in [2.24, 2.45) is 5.92 Å². The van der Waals surface area contributed by atoms with Crippen LogP contribution in [0.5, 0.6) is 0 Å². The molecule has 1 fully saturated rings. The number of nitrogens with one attached hydrogen (secondary N) is 1. The van der Waals surface area contributed by atoms with Gasteiger partial charge >= 0.3 is 0 Å². The Morgan fingerprint density at radius 1 is 1.59 bits per heavy atom. The number of pyridine rings is 1. The van der Waals surface area contributed by atoms with E-state index in [-0.39, 0.29) is 17.9 Å². The molecule has 2 atom stereocenters. The van der Waals surface area contributed by atoms with Gasteiger partial charge in [0.2, 0.25) is 5.91 Å². The molecule has 92 valence electrons. The van der Waals surface area contributed by atoms with Gasteiger partial charge < -0.3 is 10.1 Å². The van der Waals surface area contributed by atoms with Crippen LogP contribution in [0.3, 0.4) is 0 Å². The molecule has 1 aromatic heterocycles. The van der Waals surface area contributed by atoms with Gasteiger partial charge in [-0.25, -0.2) is 0 Å². The molecule has 1 aliphatic rings. The Labute approximate surface area is 101 Å². The van der Waals surface area contributed by atoms with Gasteiger partial charge in [-0.05, 0) is 38.3 Å². The minimum atomic E-state index is -0.0524. The van der Waals surface area contributed by atoms with Crippen LogP contribution >= 0.6 is 0 Å². The lowest BCUT2D eigenvalue weighted by Crippen LogP contribution is -2.36. The van der Waals surface area contributed by atoms with Gasteiger partial charge in [0.15, 0.2) is 0 Å². The quantitative estimate of drug-likeness (QED) is 0.853. The van der Waals surface area contributed by atoms with Crippen molar-refractivity contribution in [3.05, 3.63) is 24.0 Å². The van der Waals surface area contributed by atoms with Crippen LogP contribution in [-0.2, 0) is 9.53 Å². The highest BCUT2D eigenvalue weighted by Crippen LogP contribution is 2.22. The zero-order valence-corrected chi connectivity index (χ0v) is 10.3. The Hall–Kier alpha value is -1.42. The van der Waals surface area contributed by atoms with Crippen LogP contribution in [0.25, 0.3) is 0 Å². The molecule has 0 radical (unpaired) electrons. The second-order valence-electron chi connectivity index (χ2n) is 4.50. The first kappa shape index (κ1) is 12.0. The maximum absolute atomic E-state index is 12.1. The molecule has 4 nitrogen and oxygen atoms in total. The predicted molar refractivity (Wildman–Crippen MR) is 65.7 cm³/mol. The highest BCUT2D eigenvalue weighted by molar-refractivity contribution is 5.93. The molecule has 0 bridgehead atoms. The van der Waals surface area contributed by atoms with Crippen molar-refractivity contribution in [3.63, 3.8) is 0 Å². The lowest BCUT2D eigenvalue weighted by Gasteiger charge is -2.28. The fraction of sp³-hybridized carbons (Fsp3) is 0.538. The van der Waals surface area contributed by atoms with E-state index in [0.717, 1.165) is 30.7 Å². The summed E-state index contributed by atoms with van der Waals surface area (Å²) in [6.45, 7) is 4.68. The molecule has 1 amide bonds. The molecule has 2 rings (SSSR count). The molecular weight excluding hydrogens is 216 g/mol. The minimum Gasteiger partial charge on any atom is -0.378 e. The summed E-state index contributed by atoms with van der Waals surface area (Å²) in [7, 11) is 0. The number of hydrogen-bond acceptors (Lipinski definition) is 3. The number of carbonyl (C=O) groups excluding carboxylic acids is 1. The molecule has 0 saturated carbocycles. The molecule has 1 saturated heterocycles. The monoisotopic (exact) mass is 234 g/mol. The van der Waals surface area contributed by atoms with Crippen LogP contribution in [0.4, 0.5) is 5.69 Å². The molecular formula is C13H18N2O2. The van der Waals surface area contributed by atoms with E-state index >= 15 is 0 Å². The summed E-state index contributed by atoms with van der Waals surface area (Å²) in [6, 6.07) is 1.89. The second-order valence-corrected chi connectivity index (χ2v) is 4.50. The van der Waals surface area contributed by atoms with E-state index < -0.39 is 0 Å². The Bertz CT molecular complexity index is 406. The van der Waals surface area contributed by atoms with Gasteiger partial charge in [0.25, 0.3) is 0 Å². The third-order valence-electron chi connectivity index (χ3n) is 3.24. The van der Waals surface area contributed by atoms with E-state index in [2.05, 4.69) is 10.3 Å². The Morgan fingerprint density at radius 3 is 3.12 bits per heavy atom. The van der Waals surface area contributed by atoms with Crippen molar-refractivity contribution in [2.45, 2.75) is 32.8 Å². The van der Waals surface area contributed by atoms with Crippen molar-refractivity contribution in [3.8, 4) is 0 Å². The molecule has 17 heavy (non-hydrogen) atoms. The summed E-state index contributed by atoms with van der Waals surface area (Å²) in [5.41, 5.74) is 1.81. The Kier molecular flexibility index (Phi) is 3.74. The molecule has 1 N–H and O–H groups in total. The van der Waals surface area contributed by atoms with Crippen molar-refractivity contribution >= 4 is 11.6 Å². The SMILES string of the molecule is Cc1ccncc1NC(=O)[C@H]1CCCO[C@@H]1C. The largest absolute Gasteiger partial charge is 0.378 e. The number of carbonyl (C=O) groups is 1. The van der Waals surface area contributed by atoms with Crippen molar-refractivity contribution in [1.82, 2.24) is 4.98 Å². The molecule has 2 heterocycles. The number of aromatic nitrogens is 1. The van der Waals surface area contributed by atoms with Gasteiger partial charge in [0, 0.05) is 12.8 Å². The highest BCUT2D eigenvalue weighted by Gasteiger charge is 2.28. The van der Waals surface area contributed by atoms with Gasteiger partial charge in [-0.1, -0.05) is 0 Å². The number of hydrogen-bond donors (Lipinski definition) is 1. The van der Waals surface area contributed by atoms with Gasteiger partial charge in [0.05, 0.1) is 23.9 Å². The second kappa shape index (κ2) is 5.27. The lowest BCUT2D eigenvalue weighted by molar-refractivity contribution is -0.127. The van der Waals surface area contributed by atoms with Crippen LogP contribution in [0.15, 0.2) is 18.5 Å². The van der Waals surface area contributed by atoms with E-state index in [4.69, 9.17) is 4.74 Å². The summed E-state index contributed by atoms with van der Waals surface area (Å²) in [6.07, 6.45) is 5.25. The van der Waals surface area contributed by atoms with Crippen molar-refractivity contribution in [2.75, 3.05) is 11.9 Å². The molecule has 4 heteroatoms. The van der Waals surface area contributed by atoms with Crippen molar-refractivity contribution < 1.29 is 9.53 Å². The van der Waals surface area contributed by atoms with Gasteiger partial charge in [-0.3, -0.25) is 9.78 Å². The summed E-state index contributed by atoms with van der Waals surface area (Å²) in [5.74, 6) is -0.0170.